The highest BCUT2D eigenvalue weighted by Crippen LogP contribution is 2.47. The average molecular weight is 274 g/mol. The Balaban J connectivity index is 2.34. The molecule has 1 aliphatic rings. The summed E-state index contributed by atoms with van der Waals surface area (Å²) in [6.07, 6.45) is 3.71. The molecule has 2 heteroatoms. The molecule has 2 nitrogen and oxygen atoms in total. The first kappa shape index (κ1) is 15.4. The van der Waals surface area contributed by atoms with Crippen molar-refractivity contribution < 1.29 is 0 Å². The van der Waals surface area contributed by atoms with E-state index in [0.29, 0.717) is 11.3 Å². The molecular formula is C18H30N2. The monoisotopic (exact) mass is 274 g/mol. The van der Waals surface area contributed by atoms with Gasteiger partial charge >= 0.3 is 0 Å². The Morgan fingerprint density at radius 1 is 1.20 bits per heavy atom. The number of nitrogens with zero attached hydrogens (tertiary/aromatic N) is 1. The van der Waals surface area contributed by atoms with Gasteiger partial charge in [-0.3, -0.25) is 0 Å². The quantitative estimate of drug-likeness (QED) is 0.897. The Hall–Kier alpha value is -1.02. The number of hydrogen-bond donors (Lipinski definition) is 1. The lowest BCUT2D eigenvalue weighted by molar-refractivity contribution is 0.100. The summed E-state index contributed by atoms with van der Waals surface area (Å²) in [4.78, 5) is 2.55. The molecule has 0 radical (unpaired) electrons. The van der Waals surface area contributed by atoms with E-state index in [1.54, 1.807) is 0 Å². The van der Waals surface area contributed by atoms with E-state index in [-0.39, 0.29) is 5.54 Å². The maximum absolute atomic E-state index is 6.29. The van der Waals surface area contributed by atoms with Crippen molar-refractivity contribution >= 4 is 5.69 Å². The Bertz CT molecular complexity index is 426. The minimum Gasteiger partial charge on any atom is -0.365 e. The van der Waals surface area contributed by atoms with Crippen LogP contribution < -0.4 is 10.6 Å². The first-order valence-corrected chi connectivity index (χ1v) is 7.98. The molecule has 20 heavy (non-hydrogen) atoms. The molecule has 0 bridgehead atoms. The number of benzene rings is 1. The largest absolute Gasteiger partial charge is 0.365 e. The predicted octanol–water partition coefficient (Wildman–Crippen LogP) is 4.06. The third kappa shape index (κ3) is 2.71. The fraction of sp³-hybridized carbons (Fsp3) is 0.667. The van der Waals surface area contributed by atoms with E-state index in [1.807, 2.05) is 0 Å². The highest BCUT2D eigenvalue weighted by atomic mass is 15.2. The van der Waals surface area contributed by atoms with Crippen molar-refractivity contribution in [1.82, 2.24) is 0 Å². The summed E-state index contributed by atoms with van der Waals surface area (Å²) in [5.74, 6) is 0.622. The van der Waals surface area contributed by atoms with E-state index in [9.17, 15) is 0 Å². The van der Waals surface area contributed by atoms with Gasteiger partial charge in [0.1, 0.15) is 0 Å². The topological polar surface area (TPSA) is 29.3 Å². The average Bonchev–Trinajstić information content (AvgIpc) is 2.43. The van der Waals surface area contributed by atoms with Gasteiger partial charge in [0.15, 0.2) is 0 Å². The Morgan fingerprint density at radius 3 is 2.35 bits per heavy atom. The molecule has 112 valence electrons. The minimum atomic E-state index is 0.117. The zero-order valence-corrected chi connectivity index (χ0v) is 13.5. The maximum atomic E-state index is 6.29. The smallest absolute Gasteiger partial charge is 0.0549 e. The molecule has 2 unspecified atom stereocenters. The van der Waals surface area contributed by atoms with Gasteiger partial charge in [0.25, 0.3) is 0 Å². The van der Waals surface area contributed by atoms with Crippen molar-refractivity contribution in [1.29, 1.82) is 0 Å². The fourth-order valence-electron chi connectivity index (χ4n) is 4.10. The van der Waals surface area contributed by atoms with Gasteiger partial charge in [0.05, 0.1) is 5.54 Å². The number of para-hydroxylation sites is 1. The summed E-state index contributed by atoms with van der Waals surface area (Å²) in [5.41, 5.74) is 8.17. The molecule has 2 rings (SSSR count). The fourth-order valence-corrected chi connectivity index (χ4v) is 4.10. The molecule has 2 atom stereocenters. The molecule has 0 aliphatic heterocycles. The number of nitrogens with two attached hydrogens (primary N) is 1. The van der Waals surface area contributed by atoms with E-state index in [2.05, 4.69) is 62.9 Å². The van der Waals surface area contributed by atoms with Gasteiger partial charge in [-0.15, -0.1) is 0 Å². The van der Waals surface area contributed by atoms with E-state index in [4.69, 9.17) is 5.73 Å². The van der Waals surface area contributed by atoms with Crippen LogP contribution in [0.4, 0.5) is 5.69 Å². The molecule has 1 fully saturated rings. The Labute approximate surface area is 124 Å². The maximum Gasteiger partial charge on any atom is 0.0549 e. The normalized spacial score (nSPS) is 29.1. The van der Waals surface area contributed by atoms with E-state index in [1.165, 1.54) is 24.9 Å². The van der Waals surface area contributed by atoms with Crippen LogP contribution in [0, 0.1) is 11.3 Å². The first-order chi connectivity index (χ1) is 9.45. The second-order valence-electron chi connectivity index (χ2n) is 7.16. The van der Waals surface area contributed by atoms with E-state index in [0.717, 1.165) is 13.1 Å². The molecule has 1 aromatic rings. The van der Waals surface area contributed by atoms with Gasteiger partial charge in [-0.05, 0) is 49.7 Å². The summed E-state index contributed by atoms with van der Waals surface area (Å²) in [6.45, 7) is 11.2. The van der Waals surface area contributed by atoms with Crippen LogP contribution in [0.15, 0.2) is 30.3 Å². The minimum absolute atomic E-state index is 0.117. The Kier molecular flexibility index (Phi) is 4.43. The summed E-state index contributed by atoms with van der Waals surface area (Å²) >= 11 is 0. The highest BCUT2D eigenvalue weighted by Gasteiger charge is 2.46. The van der Waals surface area contributed by atoms with Gasteiger partial charge in [-0.25, -0.2) is 0 Å². The van der Waals surface area contributed by atoms with Crippen LogP contribution in [0.2, 0.25) is 0 Å². The lowest BCUT2D eigenvalue weighted by Crippen LogP contribution is -2.61. The second-order valence-corrected chi connectivity index (χ2v) is 7.16. The summed E-state index contributed by atoms with van der Waals surface area (Å²) in [5, 5.41) is 0. The van der Waals surface area contributed by atoms with Crippen LogP contribution in [-0.2, 0) is 0 Å². The highest BCUT2D eigenvalue weighted by molar-refractivity contribution is 5.49. The third-order valence-corrected chi connectivity index (χ3v) is 5.29. The molecule has 0 saturated heterocycles. The number of rotatable bonds is 4. The van der Waals surface area contributed by atoms with Crippen molar-refractivity contribution in [3.8, 4) is 0 Å². The first-order valence-electron chi connectivity index (χ1n) is 7.98. The van der Waals surface area contributed by atoms with Crippen molar-refractivity contribution in [3.05, 3.63) is 30.3 Å². The second kappa shape index (κ2) is 5.77. The van der Waals surface area contributed by atoms with Gasteiger partial charge in [0, 0.05) is 18.8 Å². The summed E-state index contributed by atoms with van der Waals surface area (Å²) < 4.78 is 0. The van der Waals surface area contributed by atoms with Crippen LogP contribution >= 0.6 is 0 Å². The van der Waals surface area contributed by atoms with E-state index >= 15 is 0 Å². The van der Waals surface area contributed by atoms with Crippen molar-refractivity contribution in [3.63, 3.8) is 0 Å². The molecule has 1 aromatic carbocycles. The zero-order chi connectivity index (χ0) is 14.8. The summed E-state index contributed by atoms with van der Waals surface area (Å²) in [7, 11) is 0. The van der Waals surface area contributed by atoms with Crippen LogP contribution in [-0.4, -0.2) is 18.6 Å². The van der Waals surface area contributed by atoms with Crippen LogP contribution in [0.1, 0.15) is 47.0 Å². The van der Waals surface area contributed by atoms with Crippen molar-refractivity contribution in [2.24, 2.45) is 17.1 Å². The molecule has 1 aliphatic carbocycles. The molecule has 0 spiro atoms. The van der Waals surface area contributed by atoms with Crippen LogP contribution in [0.25, 0.3) is 0 Å². The molecule has 2 N–H and O–H groups in total. The third-order valence-electron chi connectivity index (χ3n) is 5.29. The standard InChI is InChI=1S/C18H30N2/c1-5-20(16-9-7-6-8-10-16)18(14-19)12-11-17(3,4)13-15(18)2/h6-10,15H,5,11-14,19H2,1-4H3. The lowest BCUT2D eigenvalue weighted by Gasteiger charge is -2.54. The molecular weight excluding hydrogens is 244 g/mol. The summed E-state index contributed by atoms with van der Waals surface area (Å²) in [6, 6.07) is 10.8. The van der Waals surface area contributed by atoms with Gasteiger partial charge in [-0.2, -0.15) is 0 Å². The van der Waals surface area contributed by atoms with Crippen LogP contribution in [0.3, 0.4) is 0 Å². The molecule has 0 aromatic heterocycles. The molecule has 0 amide bonds. The van der Waals surface area contributed by atoms with Gasteiger partial charge < -0.3 is 10.6 Å². The number of hydrogen-bond acceptors (Lipinski definition) is 2. The van der Waals surface area contributed by atoms with Gasteiger partial charge in [0.2, 0.25) is 0 Å². The van der Waals surface area contributed by atoms with E-state index < -0.39 is 0 Å². The lowest BCUT2D eigenvalue weighted by atomic mass is 9.63. The molecule has 0 heterocycles. The predicted molar refractivity (Wildman–Crippen MR) is 88.0 cm³/mol. The number of anilines is 1. The van der Waals surface area contributed by atoms with Crippen LogP contribution in [0.5, 0.6) is 0 Å². The number of likely N-dealkylation sites (N-methyl/N-ethyl adjacent to an activating group) is 1. The van der Waals surface area contributed by atoms with Crippen molar-refractivity contribution in [2.45, 2.75) is 52.5 Å². The molecule has 1 saturated carbocycles. The zero-order valence-electron chi connectivity index (χ0n) is 13.5. The van der Waals surface area contributed by atoms with Crippen molar-refractivity contribution in [2.75, 3.05) is 18.0 Å². The Morgan fingerprint density at radius 2 is 1.85 bits per heavy atom. The van der Waals surface area contributed by atoms with Gasteiger partial charge in [-0.1, -0.05) is 39.0 Å². The SMILES string of the molecule is CCN(c1ccccc1)C1(CN)CCC(C)(C)CC1C.